The van der Waals surface area contributed by atoms with Gasteiger partial charge in [-0.3, -0.25) is 0 Å². The van der Waals surface area contributed by atoms with Crippen molar-refractivity contribution in [3.8, 4) is 0 Å². The minimum atomic E-state index is 0.709. The third-order valence-electron chi connectivity index (χ3n) is 3.44. The minimum Gasteiger partial charge on any atom is -0.378 e. The molecule has 4 heteroatoms. The van der Waals surface area contributed by atoms with E-state index >= 15 is 0 Å². The largest absolute Gasteiger partial charge is 0.378 e. The molecule has 2 N–H and O–H groups in total. The van der Waals surface area contributed by atoms with Gasteiger partial charge in [-0.2, -0.15) is 0 Å². The van der Waals surface area contributed by atoms with E-state index in [4.69, 9.17) is 22.1 Å². The maximum Gasteiger partial charge on any atom is 0.0642 e. The molecule has 1 aromatic rings. The Morgan fingerprint density at radius 3 is 2.72 bits per heavy atom. The highest BCUT2D eigenvalue weighted by atomic mass is 35.5. The number of ether oxygens (including phenoxy) is 1. The van der Waals surface area contributed by atoms with E-state index in [1.807, 2.05) is 0 Å². The van der Waals surface area contributed by atoms with Gasteiger partial charge in [-0.1, -0.05) is 17.7 Å². The van der Waals surface area contributed by atoms with Crippen molar-refractivity contribution in [2.75, 3.05) is 37.7 Å². The highest BCUT2D eigenvalue weighted by Crippen LogP contribution is 2.31. The first-order valence-corrected chi connectivity index (χ1v) is 6.92. The molecule has 1 aliphatic rings. The Hall–Kier alpha value is -0.770. The van der Waals surface area contributed by atoms with Gasteiger partial charge in [0.2, 0.25) is 0 Å². The summed E-state index contributed by atoms with van der Waals surface area (Å²) >= 11 is 6.45. The smallest absolute Gasteiger partial charge is 0.0642 e. The monoisotopic (exact) mass is 268 g/mol. The van der Waals surface area contributed by atoms with Gasteiger partial charge in [0.25, 0.3) is 0 Å². The van der Waals surface area contributed by atoms with Gasteiger partial charge in [0.15, 0.2) is 0 Å². The summed E-state index contributed by atoms with van der Waals surface area (Å²) in [5.74, 6) is 0. The summed E-state index contributed by atoms with van der Waals surface area (Å²) in [5.41, 5.74) is 9.16. The number of nitrogens with zero attached hydrogens (tertiary/aromatic N) is 1. The molecule has 0 saturated carbocycles. The van der Waals surface area contributed by atoms with E-state index in [1.165, 1.54) is 16.8 Å². The van der Waals surface area contributed by atoms with Crippen molar-refractivity contribution in [2.45, 2.75) is 19.8 Å². The van der Waals surface area contributed by atoms with Gasteiger partial charge in [-0.15, -0.1) is 0 Å². The van der Waals surface area contributed by atoms with Crippen LogP contribution in [0.3, 0.4) is 0 Å². The molecule has 1 aromatic carbocycles. The van der Waals surface area contributed by atoms with Gasteiger partial charge >= 0.3 is 0 Å². The van der Waals surface area contributed by atoms with Crippen LogP contribution in [0.25, 0.3) is 0 Å². The third kappa shape index (κ3) is 2.97. The number of nitrogens with two attached hydrogens (primary N) is 1. The molecule has 1 fully saturated rings. The van der Waals surface area contributed by atoms with E-state index in [2.05, 4.69) is 24.0 Å². The molecule has 0 amide bonds. The Balaban J connectivity index is 2.19. The molecular weight excluding hydrogens is 248 g/mol. The molecule has 0 atom stereocenters. The van der Waals surface area contributed by atoms with Crippen molar-refractivity contribution in [3.05, 3.63) is 28.3 Å². The number of rotatable bonds is 4. The summed E-state index contributed by atoms with van der Waals surface area (Å²) < 4.78 is 5.38. The maximum absolute atomic E-state index is 6.45. The topological polar surface area (TPSA) is 38.5 Å². The molecule has 1 heterocycles. The molecular formula is C14H21ClN2O. The summed E-state index contributed by atoms with van der Waals surface area (Å²) in [6, 6.07) is 4.31. The molecule has 0 aliphatic carbocycles. The Morgan fingerprint density at radius 2 is 2.06 bits per heavy atom. The second-order valence-electron chi connectivity index (χ2n) is 4.67. The number of aryl methyl sites for hydroxylation is 1. The van der Waals surface area contributed by atoms with Gasteiger partial charge in [0, 0.05) is 23.8 Å². The van der Waals surface area contributed by atoms with Crippen LogP contribution in [0.1, 0.15) is 17.5 Å². The van der Waals surface area contributed by atoms with Crippen LogP contribution in [0.5, 0.6) is 0 Å². The summed E-state index contributed by atoms with van der Waals surface area (Å²) in [5, 5.41) is 0.896. The van der Waals surface area contributed by atoms with Crippen LogP contribution < -0.4 is 10.6 Å². The highest BCUT2D eigenvalue weighted by Gasteiger charge is 2.16. The van der Waals surface area contributed by atoms with Gasteiger partial charge in [0.05, 0.1) is 13.2 Å². The molecule has 0 unspecified atom stereocenters. The fourth-order valence-corrected chi connectivity index (χ4v) is 2.62. The lowest BCUT2D eigenvalue weighted by Crippen LogP contribution is -2.36. The van der Waals surface area contributed by atoms with Gasteiger partial charge in [0.1, 0.15) is 0 Å². The van der Waals surface area contributed by atoms with Crippen molar-refractivity contribution in [2.24, 2.45) is 5.73 Å². The molecule has 100 valence electrons. The maximum atomic E-state index is 6.45. The molecule has 18 heavy (non-hydrogen) atoms. The fraction of sp³-hybridized carbons (Fsp3) is 0.571. The van der Waals surface area contributed by atoms with E-state index in [1.54, 1.807) is 0 Å². The van der Waals surface area contributed by atoms with Crippen LogP contribution in [0.4, 0.5) is 5.69 Å². The van der Waals surface area contributed by atoms with Crippen molar-refractivity contribution in [1.82, 2.24) is 0 Å². The van der Waals surface area contributed by atoms with Crippen LogP contribution in [-0.2, 0) is 11.2 Å². The molecule has 0 radical (unpaired) electrons. The fourth-order valence-electron chi connectivity index (χ4n) is 2.36. The highest BCUT2D eigenvalue weighted by molar-refractivity contribution is 6.32. The van der Waals surface area contributed by atoms with Gasteiger partial charge in [-0.25, -0.2) is 0 Å². The first-order valence-electron chi connectivity index (χ1n) is 6.54. The molecule has 2 rings (SSSR count). The summed E-state index contributed by atoms with van der Waals surface area (Å²) in [4.78, 5) is 2.34. The molecule has 3 nitrogen and oxygen atoms in total. The zero-order valence-electron chi connectivity index (χ0n) is 10.9. The Morgan fingerprint density at radius 1 is 1.33 bits per heavy atom. The van der Waals surface area contributed by atoms with Gasteiger partial charge in [-0.05, 0) is 43.5 Å². The molecule has 0 aromatic heterocycles. The average Bonchev–Trinajstić information content (AvgIpc) is 2.41. The SMILES string of the molecule is Cc1c(N2CCOCC2)ccc(CCCN)c1Cl. The van der Waals surface area contributed by atoms with E-state index in [9.17, 15) is 0 Å². The number of hydrogen-bond acceptors (Lipinski definition) is 3. The standard InChI is InChI=1S/C14H21ClN2O/c1-11-13(17-7-9-18-10-8-17)5-4-12(14(11)15)3-2-6-16/h4-5H,2-3,6-10,16H2,1H3. The number of hydrogen-bond donors (Lipinski definition) is 1. The zero-order chi connectivity index (χ0) is 13.0. The molecule has 0 bridgehead atoms. The van der Waals surface area contributed by atoms with Crippen molar-refractivity contribution < 1.29 is 4.74 Å². The second-order valence-corrected chi connectivity index (χ2v) is 5.05. The van der Waals surface area contributed by atoms with Crippen molar-refractivity contribution >= 4 is 17.3 Å². The molecule has 0 spiro atoms. The molecule has 1 aliphatic heterocycles. The summed E-state index contributed by atoms with van der Waals surface area (Å²) in [6.45, 7) is 6.29. The van der Waals surface area contributed by atoms with Crippen LogP contribution in [0.15, 0.2) is 12.1 Å². The lowest BCUT2D eigenvalue weighted by molar-refractivity contribution is 0.122. The van der Waals surface area contributed by atoms with Crippen LogP contribution >= 0.6 is 11.6 Å². The zero-order valence-corrected chi connectivity index (χ0v) is 11.7. The van der Waals surface area contributed by atoms with E-state index in [0.717, 1.165) is 44.2 Å². The van der Waals surface area contributed by atoms with Crippen molar-refractivity contribution in [1.29, 1.82) is 0 Å². The predicted octanol–water partition coefficient (Wildman–Crippen LogP) is 2.38. The second kappa shape index (κ2) is 6.41. The summed E-state index contributed by atoms with van der Waals surface area (Å²) in [6.07, 6.45) is 1.94. The quantitative estimate of drug-likeness (QED) is 0.911. The van der Waals surface area contributed by atoms with E-state index < -0.39 is 0 Å². The lowest BCUT2D eigenvalue weighted by Gasteiger charge is -2.30. The first-order chi connectivity index (χ1) is 8.74. The van der Waals surface area contributed by atoms with Crippen LogP contribution in [0, 0.1) is 6.92 Å². The third-order valence-corrected chi connectivity index (χ3v) is 3.97. The Bertz CT molecular complexity index is 403. The molecule has 1 saturated heterocycles. The van der Waals surface area contributed by atoms with E-state index in [0.29, 0.717) is 6.54 Å². The van der Waals surface area contributed by atoms with Gasteiger partial charge < -0.3 is 15.4 Å². The van der Waals surface area contributed by atoms with Crippen molar-refractivity contribution in [3.63, 3.8) is 0 Å². The number of anilines is 1. The predicted molar refractivity (Wildman–Crippen MR) is 76.6 cm³/mol. The first kappa shape index (κ1) is 13.7. The number of halogens is 1. The Labute approximate surface area is 114 Å². The minimum absolute atomic E-state index is 0.709. The Kier molecular flexibility index (Phi) is 4.87. The normalized spacial score (nSPS) is 16.1. The summed E-state index contributed by atoms with van der Waals surface area (Å²) in [7, 11) is 0. The number of morpholine rings is 1. The lowest BCUT2D eigenvalue weighted by atomic mass is 10.0. The average molecular weight is 269 g/mol. The van der Waals surface area contributed by atoms with Crippen LogP contribution in [0.2, 0.25) is 5.02 Å². The number of benzene rings is 1. The van der Waals surface area contributed by atoms with Crippen LogP contribution in [-0.4, -0.2) is 32.8 Å². The van der Waals surface area contributed by atoms with E-state index in [-0.39, 0.29) is 0 Å².